The van der Waals surface area contributed by atoms with Gasteiger partial charge in [0.1, 0.15) is 0 Å². The van der Waals surface area contributed by atoms with Crippen molar-refractivity contribution in [2.24, 2.45) is 0 Å². The Morgan fingerprint density at radius 2 is 1.94 bits per heavy atom. The van der Waals surface area contributed by atoms with Crippen molar-refractivity contribution in [3.8, 4) is 11.1 Å². The molecule has 4 rings (SSSR count). The molecule has 0 bridgehead atoms. The summed E-state index contributed by atoms with van der Waals surface area (Å²) < 4.78 is 7.07. The number of carbonyl (C=O) groups is 1. The molecule has 0 atom stereocenters. The maximum Gasteiger partial charge on any atom is 0.226 e. The van der Waals surface area contributed by atoms with Crippen LogP contribution in [0.25, 0.3) is 11.1 Å². The van der Waals surface area contributed by atoms with Gasteiger partial charge >= 0.3 is 0 Å². The number of aromatic nitrogens is 4. The molecule has 4 aromatic rings. The number of rotatable bonds is 10. The zero-order valence-corrected chi connectivity index (χ0v) is 18.2. The Labute approximate surface area is 187 Å². The molecule has 0 fully saturated rings. The van der Waals surface area contributed by atoms with Gasteiger partial charge < -0.3 is 9.84 Å². The predicted molar refractivity (Wildman–Crippen MR) is 122 cm³/mol. The van der Waals surface area contributed by atoms with Gasteiger partial charge in [0.25, 0.3) is 0 Å². The SMILES string of the molecule is CCc1noc(CCCC(=O)NCc2ccccc2-c2ccc(Cn3cccn3)cc2)n1. The number of nitrogens with one attached hydrogen (secondary N) is 1. The molecule has 0 radical (unpaired) electrons. The number of benzene rings is 2. The first-order valence-corrected chi connectivity index (χ1v) is 10.9. The van der Waals surface area contributed by atoms with Crippen LogP contribution in [0.3, 0.4) is 0 Å². The Morgan fingerprint density at radius 1 is 1.09 bits per heavy atom. The van der Waals surface area contributed by atoms with E-state index in [9.17, 15) is 4.79 Å². The normalized spacial score (nSPS) is 10.9. The average Bonchev–Trinajstić information content (AvgIpc) is 3.50. The maximum atomic E-state index is 12.3. The molecule has 32 heavy (non-hydrogen) atoms. The summed E-state index contributed by atoms with van der Waals surface area (Å²) in [6.07, 6.45) is 6.20. The highest BCUT2D eigenvalue weighted by molar-refractivity contribution is 5.76. The largest absolute Gasteiger partial charge is 0.352 e. The zero-order chi connectivity index (χ0) is 22.2. The van der Waals surface area contributed by atoms with Crippen LogP contribution in [-0.2, 0) is 30.7 Å². The second-order valence-electron chi connectivity index (χ2n) is 7.65. The standard InChI is InChI=1S/C25H27N5O2/c1-2-23-28-25(32-29-23)10-5-9-24(31)26-17-21-7-3-4-8-22(21)20-13-11-19(12-14-20)18-30-16-6-15-27-30/h3-4,6-8,11-16H,2,5,9-10,17-18H2,1H3,(H,26,31). The van der Waals surface area contributed by atoms with Crippen LogP contribution in [0.5, 0.6) is 0 Å². The molecule has 1 amide bonds. The lowest BCUT2D eigenvalue weighted by molar-refractivity contribution is -0.121. The number of amides is 1. The molecule has 7 heteroatoms. The molecular formula is C25H27N5O2. The van der Waals surface area contributed by atoms with Gasteiger partial charge in [-0.15, -0.1) is 0 Å². The number of hydrogen-bond acceptors (Lipinski definition) is 5. The van der Waals surface area contributed by atoms with Crippen molar-refractivity contribution in [1.82, 2.24) is 25.2 Å². The molecule has 164 valence electrons. The Hall–Kier alpha value is -3.74. The van der Waals surface area contributed by atoms with E-state index < -0.39 is 0 Å². The van der Waals surface area contributed by atoms with E-state index >= 15 is 0 Å². The molecule has 0 unspecified atom stereocenters. The Kier molecular flexibility index (Phi) is 7.07. The first-order valence-electron chi connectivity index (χ1n) is 10.9. The summed E-state index contributed by atoms with van der Waals surface area (Å²) in [5.74, 6) is 1.32. The second kappa shape index (κ2) is 10.5. The van der Waals surface area contributed by atoms with Gasteiger partial charge in [0.15, 0.2) is 5.82 Å². The van der Waals surface area contributed by atoms with E-state index in [0.717, 1.165) is 29.7 Å². The van der Waals surface area contributed by atoms with Crippen LogP contribution >= 0.6 is 0 Å². The number of hydrogen-bond donors (Lipinski definition) is 1. The van der Waals surface area contributed by atoms with Crippen molar-refractivity contribution in [3.63, 3.8) is 0 Å². The van der Waals surface area contributed by atoms with Crippen LogP contribution in [-0.4, -0.2) is 25.8 Å². The molecule has 1 N–H and O–H groups in total. The minimum absolute atomic E-state index is 0.0182. The monoisotopic (exact) mass is 429 g/mol. The Bertz CT molecular complexity index is 1130. The van der Waals surface area contributed by atoms with Crippen LogP contribution < -0.4 is 5.32 Å². The molecule has 7 nitrogen and oxygen atoms in total. The fourth-order valence-corrected chi connectivity index (χ4v) is 3.54. The summed E-state index contributed by atoms with van der Waals surface area (Å²) in [6, 6.07) is 18.6. The summed E-state index contributed by atoms with van der Waals surface area (Å²) >= 11 is 0. The molecule has 0 aliphatic carbocycles. The van der Waals surface area contributed by atoms with Crippen LogP contribution in [0.15, 0.2) is 71.5 Å². The van der Waals surface area contributed by atoms with Gasteiger partial charge in [-0.05, 0) is 34.7 Å². The van der Waals surface area contributed by atoms with E-state index in [1.54, 1.807) is 6.20 Å². The predicted octanol–water partition coefficient (Wildman–Crippen LogP) is 4.18. The van der Waals surface area contributed by atoms with E-state index in [1.165, 1.54) is 5.56 Å². The van der Waals surface area contributed by atoms with Crippen molar-refractivity contribution in [2.45, 2.75) is 45.7 Å². The minimum atomic E-state index is 0.0182. The topological polar surface area (TPSA) is 85.8 Å². The molecule has 2 heterocycles. The molecule has 0 saturated heterocycles. The van der Waals surface area contributed by atoms with Crippen molar-refractivity contribution >= 4 is 5.91 Å². The number of carbonyl (C=O) groups excluding carboxylic acids is 1. The Balaban J connectivity index is 1.31. The van der Waals surface area contributed by atoms with Gasteiger partial charge in [-0.1, -0.05) is 60.6 Å². The summed E-state index contributed by atoms with van der Waals surface area (Å²) in [4.78, 5) is 16.6. The summed E-state index contributed by atoms with van der Waals surface area (Å²) in [5.41, 5.74) is 4.53. The smallest absolute Gasteiger partial charge is 0.226 e. The van der Waals surface area contributed by atoms with Gasteiger partial charge in [-0.25, -0.2) is 0 Å². The first-order chi connectivity index (χ1) is 15.7. The molecule has 0 saturated carbocycles. The molecule has 0 aliphatic rings. The lowest BCUT2D eigenvalue weighted by atomic mass is 9.98. The summed E-state index contributed by atoms with van der Waals surface area (Å²) in [7, 11) is 0. The molecule has 0 spiro atoms. The maximum absolute atomic E-state index is 12.3. The van der Waals surface area contributed by atoms with E-state index in [4.69, 9.17) is 4.52 Å². The third-order valence-electron chi connectivity index (χ3n) is 5.28. The minimum Gasteiger partial charge on any atom is -0.352 e. The fourth-order valence-electron chi connectivity index (χ4n) is 3.54. The van der Waals surface area contributed by atoms with Crippen molar-refractivity contribution < 1.29 is 9.32 Å². The third kappa shape index (κ3) is 5.69. The molecule has 2 aromatic carbocycles. The highest BCUT2D eigenvalue weighted by atomic mass is 16.5. The fraction of sp³-hybridized carbons (Fsp3) is 0.280. The third-order valence-corrected chi connectivity index (χ3v) is 5.28. The highest BCUT2D eigenvalue weighted by Gasteiger charge is 2.09. The van der Waals surface area contributed by atoms with E-state index in [1.807, 2.05) is 36.0 Å². The van der Waals surface area contributed by atoms with Crippen molar-refractivity contribution in [2.75, 3.05) is 0 Å². The second-order valence-corrected chi connectivity index (χ2v) is 7.65. The highest BCUT2D eigenvalue weighted by Crippen LogP contribution is 2.24. The van der Waals surface area contributed by atoms with Gasteiger partial charge in [0.2, 0.25) is 11.8 Å². The molecule has 2 aromatic heterocycles. The van der Waals surface area contributed by atoms with Crippen LogP contribution in [0, 0.1) is 0 Å². The first kappa shape index (κ1) is 21.5. The van der Waals surface area contributed by atoms with Crippen LogP contribution in [0.4, 0.5) is 0 Å². The van der Waals surface area contributed by atoms with Crippen molar-refractivity contribution in [3.05, 3.63) is 89.8 Å². The van der Waals surface area contributed by atoms with Gasteiger partial charge in [0.05, 0.1) is 6.54 Å². The number of nitrogens with zero attached hydrogens (tertiary/aromatic N) is 4. The van der Waals surface area contributed by atoms with Gasteiger partial charge in [-0.3, -0.25) is 9.48 Å². The van der Waals surface area contributed by atoms with Crippen molar-refractivity contribution in [1.29, 1.82) is 0 Å². The quantitative estimate of drug-likeness (QED) is 0.409. The summed E-state index contributed by atoms with van der Waals surface area (Å²) in [6.45, 7) is 3.22. The van der Waals surface area contributed by atoms with E-state index in [2.05, 4.69) is 57.0 Å². The van der Waals surface area contributed by atoms with Crippen LogP contribution in [0.1, 0.15) is 42.6 Å². The number of aryl methyl sites for hydroxylation is 2. The van der Waals surface area contributed by atoms with Crippen LogP contribution in [0.2, 0.25) is 0 Å². The lowest BCUT2D eigenvalue weighted by Crippen LogP contribution is -2.22. The zero-order valence-electron chi connectivity index (χ0n) is 18.2. The molecule has 0 aliphatic heterocycles. The van der Waals surface area contributed by atoms with Gasteiger partial charge in [0, 0.05) is 38.2 Å². The van der Waals surface area contributed by atoms with E-state index in [-0.39, 0.29) is 5.91 Å². The van der Waals surface area contributed by atoms with E-state index in [0.29, 0.717) is 37.5 Å². The molecular weight excluding hydrogens is 402 g/mol. The summed E-state index contributed by atoms with van der Waals surface area (Å²) in [5, 5.41) is 11.2. The van der Waals surface area contributed by atoms with Gasteiger partial charge in [-0.2, -0.15) is 10.1 Å². The lowest BCUT2D eigenvalue weighted by Gasteiger charge is -2.12. The Morgan fingerprint density at radius 3 is 2.69 bits per heavy atom. The average molecular weight is 430 g/mol.